The summed E-state index contributed by atoms with van der Waals surface area (Å²) in [6.45, 7) is 5.56. The molecule has 3 heterocycles. The first kappa shape index (κ1) is 16.4. The third-order valence-corrected chi connectivity index (χ3v) is 6.22. The topological polar surface area (TPSA) is 32.8 Å². The second kappa shape index (κ2) is 6.66. The fourth-order valence-electron chi connectivity index (χ4n) is 4.48. The Balaban J connectivity index is 1.31. The molecule has 3 fully saturated rings. The van der Waals surface area contributed by atoms with E-state index in [0.29, 0.717) is 11.8 Å². The van der Waals surface area contributed by atoms with Gasteiger partial charge in [0.2, 0.25) is 5.91 Å². The van der Waals surface area contributed by atoms with E-state index < -0.39 is 0 Å². The first-order valence-corrected chi connectivity index (χ1v) is 9.42. The van der Waals surface area contributed by atoms with Crippen molar-refractivity contribution in [3.8, 4) is 0 Å². The lowest BCUT2D eigenvalue weighted by atomic mass is 9.78. The fourth-order valence-corrected chi connectivity index (χ4v) is 4.68. The number of hydrogen-bond acceptors (Lipinski definition) is 3. The van der Waals surface area contributed by atoms with Gasteiger partial charge in [0.15, 0.2) is 0 Å². The quantitative estimate of drug-likeness (QED) is 0.820. The van der Waals surface area contributed by atoms with Crippen molar-refractivity contribution in [1.82, 2.24) is 9.80 Å². The highest BCUT2D eigenvalue weighted by Crippen LogP contribution is 2.42. The highest BCUT2D eigenvalue weighted by atomic mass is 35.5. The molecule has 3 saturated heterocycles. The normalized spacial score (nSPS) is 26.3. The number of ether oxygens (including phenoxy) is 1. The zero-order valence-electron chi connectivity index (χ0n) is 14.0. The second-order valence-corrected chi connectivity index (χ2v) is 7.82. The van der Waals surface area contributed by atoms with E-state index in [4.69, 9.17) is 16.3 Å². The molecule has 3 aliphatic rings. The smallest absolute Gasteiger partial charge is 0.222 e. The van der Waals surface area contributed by atoms with Crippen LogP contribution in [0, 0.1) is 5.92 Å². The standard InChI is InChI=1S/C19H25ClN2O2/c20-17-5-2-1-4-15(17)12-21-13-19(14-21)16(8-11-24-19)7-10-22-9-3-6-18(22)23/h1-2,4-5,16H,3,6-14H2/t16-/m0/s1. The lowest BCUT2D eigenvalue weighted by Gasteiger charge is -2.50. The molecule has 1 aromatic carbocycles. The van der Waals surface area contributed by atoms with Gasteiger partial charge in [0.25, 0.3) is 0 Å². The molecular formula is C19H25ClN2O2. The van der Waals surface area contributed by atoms with Crippen LogP contribution in [0.5, 0.6) is 0 Å². The molecule has 4 nitrogen and oxygen atoms in total. The van der Waals surface area contributed by atoms with Crippen molar-refractivity contribution in [2.24, 2.45) is 5.92 Å². The molecule has 0 N–H and O–H groups in total. The van der Waals surface area contributed by atoms with Crippen molar-refractivity contribution < 1.29 is 9.53 Å². The highest BCUT2D eigenvalue weighted by Gasteiger charge is 2.52. The zero-order chi connectivity index (χ0) is 16.6. The van der Waals surface area contributed by atoms with Crippen LogP contribution in [-0.4, -0.2) is 54.1 Å². The Morgan fingerprint density at radius 1 is 1.29 bits per heavy atom. The Bertz CT molecular complexity index is 615. The molecule has 0 aromatic heterocycles. The van der Waals surface area contributed by atoms with Crippen LogP contribution >= 0.6 is 11.6 Å². The summed E-state index contributed by atoms with van der Waals surface area (Å²) in [4.78, 5) is 16.2. The molecule has 1 aromatic rings. The average Bonchev–Trinajstić information content (AvgIpc) is 3.13. The van der Waals surface area contributed by atoms with Crippen molar-refractivity contribution in [2.75, 3.05) is 32.8 Å². The third-order valence-electron chi connectivity index (χ3n) is 5.85. The summed E-state index contributed by atoms with van der Waals surface area (Å²) >= 11 is 6.27. The van der Waals surface area contributed by atoms with Crippen LogP contribution in [0.1, 0.15) is 31.2 Å². The molecule has 3 aliphatic heterocycles. The lowest BCUT2D eigenvalue weighted by molar-refractivity contribution is -0.139. The number of hydrogen-bond donors (Lipinski definition) is 0. The number of benzene rings is 1. The Kier molecular flexibility index (Phi) is 4.54. The third kappa shape index (κ3) is 3.07. The summed E-state index contributed by atoms with van der Waals surface area (Å²) in [6, 6.07) is 8.06. The van der Waals surface area contributed by atoms with E-state index in [1.165, 1.54) is 5.56 Å². The molecule has 130 valence electrons. The van der Waals surface area contributed by atoms with Gasteiger partial charge in [-0.25, -0.2) is 0 Å². The van der Waals surface area contributed by atoms with Crippen LogP contribution in [0.4, 0.5) is 0 Å². The number of carbonyl (C=O) groups excluding carboxylic acids is 1. The first-order chi connectivity index (χ1) is 11.7. The van der Waals surface area contributed by atoms with Gasteiger partial charge in [-0.05, 0) is 36.8 Å². The molecule has 1 spiro atoms. The lowest BCUT2D eigenvalue weighted by Crippen LogP contribution is -2.64. The summed E-state index contributed by atoms with van der Waals surface area (Å²) in [5.41, 5.74) is 1.20. The molecule has 1 atom stereocenters. The minimum absolute atomic E-state index is 0.0179. The summed E-state index contributed by atoms with van der Waals surface area (Å²) in [5, 5.41) is 0.842. The number of carbonyl (C=O) groups is 1. The molecule has 0 unspecified atom stereocenters. The van der Waals surface area contributed by atoms with E-state index >= 15 is 0 Å². The van der Waals surface area contributed by atoms with Gasteiger partial charge in [-0.2, -0.15) is 0 Å². The van der Waals surface area contributed by atoms with Crippen molar-refractivity contribution in [2.45, 2.75) is 37.8 Å². The number of likely N-dealkylation sites (tertiary alicyclic amines) is 2. The summed E-state index contributed by atoms with van der Waals surface area (Å²) < 4.78 is 6.15. The van der Waals surface area contributed by atoms with Gasteiger partial charge in [-0.3, -0.25) is 9.69 Å². The molecule has 0 saturated carbocycles. The van der Waals surface area contributed by atoms with Crippen LogP contribution in [0.25, 0.3) is 0 Å². The molecule has 4 rings (SSSR count). The van der Waals surface area contributed by atoms with E-state index in [0.717, 1.165) is 70.0 Å². The Hall–Kier alpha value is -1.10. The highest BCUT2D eigenvalue weighted by molar-refractivity contribution is 6.31. The van der Waals surface area contributed by atoms with E-state index in [1.807, 2.05) is 23.1 Å². The van der Waals surface area contributed by atoms with E-state index in [-0.39, 0.29) is 5.60 Å². The molecule has 1 amide bonds. The largest absolute Gasteiger partial charge is 0.372 e. The molecule has 0 bridgehead atoms. The van der Waals surface area contributed by atoms with Gasteiger partial charge < -0.3 is 9.64 Å². The van der Waals surface area contributed by atoms with E-state index in [9.17, 15) is 4.79 Å². The fraction of sp³-hybridized carbons (Fsp3) is 0.632. The predicted octanol–water partition coefficient (Wildman–Crippen LogP) is 2.94. The predicted molar refractivity (Wildman–Crippen MR) is 94.0 cm³/mol. The molecular weight excluding hydrogens is 324 g/mol. The maximum atomic E-state index is 11.8. The van der Waals surface area contributed by atoms with Gasteiger partial charge in [0, 0.05) is 50.8 Å². The molecule has 0 aliphatic carbocycles. The molecule has 5 heteroatoms. The Labute approximate surface area is 148 Å². The summed E-state index contributed by atoms with van der Waals surface area (Å²) in [7, 11) is 0. The van der Waals surface area contributed by atoms with Crippen molar-refractivity contribution >= 4 is 17.5 Å². The van der Waals surface area contributed by atoms with Gasteiger partial charge in [0.1, 0.15) is 0 Å². The van der Waals surface area contributed by atoms with Crippen molar-refractivity contribution in [1.29, 1.82) is 0 Å². The van der Waals surface area contributed by atoms with Crippen molar-refractivity contribution in [3.05, 3.63) is 34.9 Å². The number of nitrogens with zero attached hydrogens (tertiary/aromatic N) is 2. The molecule has 24 heavy (non-hydrogen) atoms. The number of rotatable bonds is 5. The van der Waals surface area contributed by atoms with Gasteiger partial charge in [-0.1, -0.05) is 29.8 Å². The van der Waals surface area contributed by atoms with Crippen LogP contribution < -0.4 is 0 Å². The SMILES string of the molecule is O=C1CCCN1CC[C@H]1CCOC12CN(Cc1ccccc1Cl)C2. The summed E-state index contributed by atoms with van der Waals surface area (Å²) in [6.07, 6.45) is 3.96. The van der Waals surface area contributed by atoms with Gasteiger partial charge in [-0.15, -0.1) is 0 Å². The Morgan fingerprint density at radius 3 is 2.88 bits per heavy atom. The minimum Gasteiger partial charge on any atom is -0.372 e. The van der Waals surface area contributed by atoms with Crippen LogP contribution in [0.15, 0.2) is 24.3 Å². The maximum Gasteiger partial charge on any atom is 0.222 e. The van der Waals surface area contributed by atoms with Crippen molar-refractivity contribution in [3.63, 3.8) is 0 Å². The van der Waals surface area contributed by atoms with Crippen LogP contribution in [-0.2, 0) is 16.1 Å². The summed E-state index contributed by atoms with van der Waals surface area (Å²) in [5.74, 6) is 0.908. The van der Waals surface area contributed by atoms with Crippen LogP contribution in [0.2, 0.25) is 5.02 Å². The average molecular weight is 349 g/mol. The molecule has 0 radical (unpaired) electrons. The minimum atomic E-state index is 0.0179. The second-order valence-electron chi connectivity index (χ2n) is 7.41. The first-order valence-electron chi connectivity index (χ1n) is 9.04. The Morgan fingerprint density at radius 2 is 2.12 bits per heavy atom. The number of amides is 1. The monoisotopic (exact) mass is 348 g/mol. The van der Waals surface area contributed by atoms with E-state index in [2.05, 4.69) is 11.0 Å². The zero-order valence-corrected chi connectivity index (χ0v) is 14.8. The van der Waals surface area contributed by atoms with Crippen LogP contribution in [0.3, 0.4) is 0 Å². The number of halogens is 1. The van der Waals surface area contributed by atoms with Gasteiger partial charge >= 0.3 is 0 Å². The maximum absolute atomic E-state index is 11.8. The van der Waals surface area contributed by atoms with E-state index in [1.54, 1.807) is 0 Å². The van der Waals surface area contributed by atoms with Gasteiger partial charge in [0.05, 0.1) is 5.60 Å².